The van der Waals surface area contributed by atoms with Crippen LogP contribution >= 0.6 is 11.3 Å². The van der Waals surface area contributed by atoms with E-state index in [1.165, 1.54) is 17.4 Å². The molecule has 2 heterocycles. The van der Waals surface area contributed by atoms with Crippen LogP contribution in [0.1, 0.15) is 5.01 Å². The Labute approximate surface area is 102 Å². The molecule has 17 heavy (non-hydrogen) atoms. The molecule has 7 nitrogen and oxygen atoms in total. The minimum Gasteiger partial charge on any atom is -0.331 e. The van der Waals surface area contributed by atoms with E-state index in [0.717, 1.165) is 10.4 Å². The van der Waals surface area contributed by atoms with E-state index in [9.17, 15) is 13.2 Å². The van der Waals surface area contributed by atoms with Crippen LogP contribution in [0.4, 0.5) is 9.93 Å². The molecule has 0 unspecified atom stereocenters. The molecule has 1 aliphatic heterocycles. The number of rotatable bonds is 2. The second-order valence-electron chi connectivity index (χ2n) is 3.49. The van der Waals surface area contributed by atoms with Crippen LogP contribution in [0.3, 0.4) is 0 Å². The summed E-state index contributed by atoms with van der Waals surface area (Å²) >= 11 is 1.24. The van der Waals surface area contributed by atoms with Gasteiger partial charge in [0, 0.05) is 5.41 Å². The van der Waals surface area contributed by atoms with Gasteiger partial charge in [-0.1, -0.05) is 11.3 Å². The van der Waals surface area contributed by atoms with E-state index in [0.29, 0.717) is 5.13 Å². The van der Waals surface area contributed by atoms with Crippen LogP contribution in [-0.2, 0) is 9.84 Å². The topological polar surface area (TPSA) is 101 Å². The van der Waals surface area contributed by atoms with Gasteiger partial charge < -0.3 is 5.32 Å². The normalized spacial score (nSPS) is 21.4. The van der Waals surface area contributed by atoms with Crippen molar-refractivity contribution in [3.63, 3.8) is 0 Å². The van der Waals surface area contributed by atoms with Gasteiger partial charge in [0.05, 0.1) is 11.8 Å². The lowest BCUT2D eigenvalue weighted by Crippen LogP contribution is -2.38. The Balaban J connectivity index is 1.89. The molecule has 0 bridgehead atoms. The highest BCUT2D eigenvalue weighted by Gasteiger charge is 2.23. The SMILES string of the molecule is Cc1nnc(NC(=O)N[C@H]2C=CS(=O)(=O)C2)s1. The fourth-order valence-corrected chi connectivity index (χ4v) is 3.14. The van der Waals surface area contributed by atoms with E-state index in [4.69, 9.17) is 0 Å². The zero-order valence-corrected chi connectivity index (χ0v) is 10.5. The zero-order valence-electron chi connectivity index (χ0n) is 8.87. The molecule has 0 aliphatic carbocycles. The molecule has 2 rings (SSSR count). The zero-order chi connectivity index (χ0) is 12.5. The van der Waals surface area contributed by atoms with Crippen LogP contribution in [0, 0.1) is 6.92 Å². The van der Waals surface area contributed by atoms with Crippen LogP contribution < -0.4 is 10.6 Å². The Hall–Kier alpha value is -1.48. The van der Waals surface area contributed by atoms with Crippen molar-refractivity contribution < 1.29 is 13.2 Å². The third-order valence-corrected chi connectivity index (χ3v) is 4.14. The number of anilines is 1. The van der Waals surface area contributed by atoms with Gasteiger partial charge in [-0.15, -0.1) is 10.2 Å². The Morgan fingerprint density at radius 3 is 2.82 bits per heavy atom. The van der Waals surface area contributed by atoms with Crippen molar-refractivity contribution >= 4 is 32.3 Å². The number of urea groups is 1. The van der Waals surface area contributed by atoms with Crippen LogP contribution in [0.2, 0.25) is 0 Å². The van der Waals surface area contributed by atoms with E-state index in [-0.39, 0.29) is 5.75 Å². The van der Waals surface area contributed by atoms with Crippen molar-refractivity contribution in [3.05, 3.63) is 16.5 Å². The number of carbonyl (C=O) groups excluding carboxylic acids is 1. The van der Waals surface area contributed by atoms with Gasteiger partial charge in [0.25, 0.3) is 0 Å². The number of sulfone groups is 1. The van der Waals surface area contributed by atoms with Crippen molar-refractivity contribution in [1.29, 1.82) is 0 Å². The highest BCUT2D eigenvalue weighted by Crippen LogP contribution is 2.13. The maximum Gasteiger partial charge on any atom is 0.321 e. The van der Waals surface area contributed by atoms with Gasteiger partial charge in [-0.25, -0.2) is 13.2 Å². The molecule has 0 saturated carbocycles. The lowest BCUT2D eigenvalue weighted by molar-refractivity contribution is 0.251. The van der Waals surface area contributed by atoms with Gasteiger partial charge in [0.15, 0.2) is 9.84 Å². The number of hydrogen-bond donors (Lipinski definition) is 2. The average Bonchev–Trinajstić information content (AvgIpc) is 2.73. The van der Waals surface area contributed by atoms with Crippen LogP contribution in [0.25, 0.3) is 0 Å². The number of nitrogens with one attached hydrogen (secondary N) is 2. The summed E-state index contributed by atoms with van der Waals surface area (Å²) in [6.45, 7) is 1.77. The van der Waals surface area contributed by atoms with E-state index in [1.807, 2.05) is 0 Å². The standard InChI is InChI=1S/C8H10N4O3S2/c1-5-11-12-8(16-5)10-7(13)9-6-2-3-17(14,15)4-6/h2-3,6H,4H2,1H3,(H2,9,10,12,13)/t6-/m0/s1. The van der Waals surface area contributed by atoms with E-state index >= 15 is 0 Å². The lowest BCUT2D eigenvalue weighted by atomic mass is 10.3. The molecule has 92 valence electrons. The fraction of sp³-hybridized carbons (Fsp3) is 0.375. The predicted octanol–water partition coefficient (Wildman–Crippen LogP) is 0.279. The molecule has 2 N–H and O–H groups in total. The van der Waals surface area contributed by atoms with Crippen molar-refractivity contribution in [2.24, 2.45) is 0 Å². The molecule has 1 aromatic rings. The maximum atomic E-state index is 11.5. The monoisotopic (exact) mass is 274 g/mol. The van der Waals surface area contributed by atoms with Gasteiger partial charge >= 0.3 is 6.03 Å². The first kappa shape index (κ1) is 12.0. The molecule has 0 radical (unpaired) electrons. The summed E-state index contributed by atoms with van der Waals surface area (Å²) < 4.78 is 22.2. The predicted molar refractivity (Wildman–Crippen MR) is 63.5 cm³/mol. The Kier molecular flexibility index (Phi) is 3.11. The van der Waals surface area contributed by atoms with Crippen molar-refractivity contribution in [1.82, 2.24) is 15.5 Å². The molecule has 0 spiro atoms. The molecular weight excluding hydrogens is 264 g/mol. The van der Waals surface area contributed by atoms with Crippen LogP contribution in [-0.4, -0.2) is 36.4 Å². The molecule has 0 saturated heterocycles. The first-order valence-corrected chi connectivity index (χ1v) is 7.26. The largest absolute Gasteiger partial charge is 0.331 e. The summed E-state index contributed by atoms with van der Waals surface area (Å²) in [6.07, 6.45) is 1.44. The van der Waals surface area contributed by atoms with Crippen molar-refractivity contribution in [2.45, 2.75) is 13.0 Å². The average molecular weight is 274 g/mol. The summed E-state index contributed by atoms with van der Waals surface area (Å²) in [5.74, 6) is -0.102. The third-order valence-electron chi connectivity index (χ3n) is 1.99. The maximum absolute atomic E-state index is 11.5. The second-order valence-corrected chi connectivity index (χ2v) is 6.60. The molecule has 1 aromatic heterocycles. The molecule has 0 aromatic carbocycles. The first-order chi connectivity index (χ1) is 7.94. The van der Waals surface area contributed by atoms with Crippen LogP contribution in [0.15, 0.2) is 11.5 Å². The number of amides is 2. The minimum absolute atomic E-state index is 0.102. The quantitative estimate of drug-likeness (QED) is 0.806. The number of carbonyl (C=O) groups is 1. The van der Waals surface area contributed by atoms with Crippen LogP contribution in [0.5, 0.6) is 0 Å². The summed E-state index contributed by atoms with van der Waals surface area (Å²) in [6, 6.07) is -0.984. The molecule has 1 atom stereocenters. The lowest BCUT2D eigenvalue weighted by Gasteiger charge is -2.09. The Bertz CT molecular complexity index is 563. The molecule has 1 aliphatic rings. The van der Waals surface area contributed by atoms with Gasteiger partial charge in [0.2, 0.25) is 5.13 Å². The van der Waals surface area contributed by atoms with E-state index < -0.39 is 21.9 Å². The van der Waals surface area contributed by atoms with Crippen molar-refractivity contribution in [2.75, 3.05) is 11.1 Å². The molecule has 2 amide bonds. The minimum atomic E-state index is -3.16. The fourth-order valence-electron chi connectivity index (χ4n) is 1.31. The third kappa shape index (κ3) is 3.24. The van der Waals surface area contributed by atoms with Gasteiger partial charge in [-0.2, -0.15) is 0 Å². The summed E-state index contributed by atoms with van der Waals surface area (Å²) in [4.78, 5) is 11.5. The highest BCUT2D eigenvalue weighted by atomic mass is 32.2. The number of aromatic nitrogens is 2. The molecule has 0 fully saturated rings. The first-order valence-electron chi connectivity index (χ1n) is 4.73. The summed E-state index contributed by atoms with van der Waals surface area (Å²) in [5.41, 5.74) is 0. The number of nitrogens with zero attached hydrogens (tertiary/aromatic N) is 2. The second kappa shape index (κ2) is 4.41. The van der Waals surface area contributed by atoms with Gasteiger partial charge in [-0.05, 0) is 13.0 Å². The summed E-state index contributed by atoms with van der Waals surface area (Å²) in [7, 11) is -3.16. The number of hydrogen-bond acceptors (Lipinski definition) is 6. The van der Waals surface area contributed by atoms with Gasteiger partial charge in [-0.3, -0.25) is 5.32 Å². The Morgan fingerprint density at radius 1 is 1.53 bits per heavy atom. The Morgan fingerprint density at radius 2 is 2.29 bits per heavy atom. The summed E-state index contributed by atoms with van der Waals surface area (Å²) in [5, 5.41) is 14.7. The van der Waals surface area contributed by atoms with Gasteiger partial charge in [0.1, 0.15) is 5.01 Å². The van der Waals surface area contributed by atoms with E-state index in [1.54, 1.807) is 6.92 Å². The highest BCUT2D eigenvalue weighted by molar-refractivity contribution is 7.94. The van der Waals surface area contributed by atoms with Crippen molar-refractivity contribution in [3.8, 4) is 0 Å². The molecular formula is C8H10N4O3S2. The molecule has 9 heteroatoms. The smallest absolute Gasteiger partial charge is 0.321 e. The van der Waals surface area contributed by atoms with E-state index in [2.05, 4.69) is 20.8 Å². The number of aryl methyl sites for hydroxylation is 1.